The number of nitrogens with one attached hydrogen (secondary N) is 1. The summed E-state index contributed by atoms with van der Waals surface area (Å²) in [6.07, 6.45) is 0. The van der Waals surface area contributed by atoms with E-state index in [9.17, 15) is 35.4 Å². The van der Waals surface area contributed by atoms with Crippen LogP contribution in [0.2, 0.25) is 0 Å². The fourth-order valence-electron chi connectivity index (χ4n) is 1.69. The molecule has 0 bridgehead atoms. The summed E-state index contributed by atoms with van der Waals surface area (Å²) in [5.41, 5.74) is -0.838. The number of nitro groups is 3. The minimum atomic E-state index is -1.46. The topological polar surface area (TPSA) is 167 Å². The number of hydrogen-bond donors (Lipinski definition) is 0. The van der Waals surface area contributed by atoms with Gasteiger partial charge in [0, 0.05) is 26.0 Å². The molecular weight excluding hydrogens is 324 g/mol. The van der Waals surface area contributed by atoms with E-state index in [0.29, 0.717) is 12.1 Å². The summed E-state index contributed by atoms with van der Waals surface area (Å²) >= 11 is 0. The summed E-state index contributed by atoms with van der Waals surface area (Å²) in [6, 6.07) is 6.91. The molecule has 24 heavy (non-hydrogen) atoms. The van der Waals surface area contributed by atoms with Crippen LogP contribution >= 0.6 is 0 Å². The van der Waals surface area contributed by atoms with Gasteiger partial charge in [-0.1, -0.05) is 0 Å². The van der Waals surface area contributed by atoms with Crippen molar-refractivity contribution in [2.75, 3.05) is 0 Å². The van der Waals surface area contributed by atoms with Gasteiger partial charge in [-0.05, 0) is 6.07 Å². The van der Waals surface area contributed by atoms with Crippen molar-refractivity contribution >= 4 is 17.1 Å². The second-order valence-electron chi connectivity index (χ2n) is 4.60. The Balaban J connectivity index is 0.000000300. The Kier molecular flexibility index (Phi) is 5.82. The highest BCUT2D eigenvalue weighted by Gasteiger charge is 2.24. The molecule has 0 aliphatic carbocycles. The summed E-state index contributed by atoms with van der Waals surface area (Å²) in [7, 11) is 0. The summed E-state index contributed by atoms with van der Waals surface area (Å²) in [6.45, 7) is 4.10. The molecule has 1 aromatic carbocycles. The molecule has 0 atom stereocenters. The maximum atomic E-state index is 11.1. The summed E-state index contributed by atoms with van der Waals surface area (Å²) in [5.74, 6) is -1.46. The maximum absolute atomic E-state index is 11.1. The molecule has 0 aliphatic heterocycles. The molecule has 1 aromatic heterocycles. The molecule has 126 valence electrons. The molecule has 2 aromatic rings. The largest absolute Gasteiger partial charge is 0.863 e. The average molecular weight is 336 g/mol. The van der Waals surface area contributed by atoms with Gasteiger partial charge in [0.2, 0.25) is 0 Å². The number of non-ortho nitro benzene ring substituents is 1. The van der Waals surface area contributed by atoms with Crippen molar-refractivity contribution in [1.82, 2.24) is 0 Å². The molecule has 0 saturated heterocycles. The molecule has 0 radical (unpaired) electrons. The van der Waals surface area contributed by atoms with Crippen LogP contribution in [0.5, 0.6) is 5.75 Å². The van der Waals surface area contributed by atoms with E-state index >= 15 is 0 Å². The highest BCUT2D eigenvalue weighted by Crippen LogP contribution is 2.36. The third kappa shape index (κ3) is 4.69. The van der Waals surface area contributed by atoms with E-state index in [-0.39, 0.29) is 0 Å². The van der Waals surface area contributed by atoms with Gasteiger partial charge in [0.05, 0.1) is 32.7 Å². The predicted molar refractivity (Wildman–Crippen MR) is 78.3 cm³/mol. The van der Waals surface area contributed by atoms with E-state index in [1.165, 1.54) is 11.4 Å². The zero-order valence-corrected chi connectivity index (χ0v) is 12.6. The normalized spacial score (nSPS) is 9.58. The van der Waals surface area contributed by atoms with Crippen molar-refractivity contribution in [3.63, 3.8) is 0 Å². The number of pyridine rings is 1. The van der Waals surface area contributed by atoms with Gasteiger partial charge in [0.15, 0.2) is 11.4 Å². The number of aryl methyl sites for hydroxylation is 2. The van der Waals surface area contributed by atoms with Crippen LogP contribution in [0.1, 0.15) is 11.4 Å². The fraction of sp³-hybridized carbons (Fsp3) is 0.154. The van der Waals surface area contributed by atoms with Crippen LogP contribution in [0.3, 0.4) is 0 Å². The van der Waals surface area contributed by atoms with Crippen molar-refractivity contribution in [1.29, 1.82) is 0 Å². The standard InChI is InChI=1S/C7H9N.C6H3N3O7/c1-6-4-3-5-7(2)8-6;10-6-4(8(13)14)1-3(7(11)12)2-5(6)9(15)16/h3-5H,1-2H3;1-2,10H. The molecule has 1 heterocycles. The number of H-pyrrole nitrogens is 1. The van der Waals surface area contributed by atoms with Crippen LogP contribution < -0.4 is 10.1 Å². The van der Waals surface area contributed by atoms with Crippen molar-refractivity contribution in [3.8, 4) is 5.75 Å². The number of nitrogens with zero attached hydrogens (tertiary/aromatic N) is 3. The molecule has 0 amide bonds. The van der Waals surface area contributed by atoms with E-state index < -0.39 is 37.6 Å². The maximum Gasteiger partial charge on any atom is 0.283 e. The lowest BCUT2D eigenvalue weighted by Gasteiger charge is -2.06. The summed E-state index contributed by atoms with van der Waals surface area (Å²) < 4.78 is 0. The number of nitro benzene ring substituents is 3. The van der Waals surface area contributed by atoms with Crippen molar-refractivity contribution < 1.29 is 24.9 Å². The lowest BCUT2D eigenvalue weighted by atomic mass is 10.2. The smallest absolute Gasteiger partial charge is 0.283 e. The zero-order chi connectivity index (χ0) is 18.4. The lowest BCUT2D eigenvalue weighted by Crippen LogP contribution is -2.09. The molecular formula is C13H12N4O7. The van der Waals surface area contributed by atoms with Crippen molar-refractivity contribution in [2.45, 2.75) is 13.8 Å². The molecule has 2 rings (SSSR count). The van der Waals surface area contributed by atoms with Gasteiger partial charge in [-0.3, -0.25) is 30.3 Å². The quantitative estimate of drug-likeness (QED) is 0.605. The predicted octanol–water partition coefficient (Wildman–Crippen LogP) is 1.60. The van der Waals surface area contributed by atoms with Crippen LogP contribution in [0.15, 0.2) is 30.3 Å². The first-order chi connectivity index (χ1) is 11.1. The van der Waals surface area contributed by atoms with E-state index in [1.54, 1.807) is 0 Å². The number of benzene rings is 1. The minimum absolute atomic E-state index is 0.384. The van der Waals surface area contributed by atoms with Gasteiger partial charge in [-0.2, -0.15) is 0 Å². The van der Waals surface area contributed by atoms with Gasteiger partial charge >= 0.3 is 0 Å². The third-order valence-electron chi connectivity index (χ3n) is 2.73. The van der Waals surface area contributed by atoms with Crippen LogP contribution in [0.25, 0.3) is 0 Å². The van der Waals surface area contributed by atoms with E-state index in [0.717, 1.165) is 0 Å². The van der Waals surface area contributed by atoms with Crippen LogP contribution in [-0.4, -0.2) is 14.8 Å². The summed E-state index contributed by atoms with van der Waals surface area (Å²) in [5, 5.41) is 42.1. The first kappa shape index (κ1) is 18.4. The van der Waals surface area contributed by atoms with Gasteiger partial charge in [0.25, 0.3) is 17.1 Å². The van der Waals surface area contributed by atoms with Gasteiger partial charge in [-0.25, -0.2) is 4.98 Å². The molecule has 11 heteroatoms. The fourth-order valence-corrected chi connectivity index (χ4v) is 1.69. The minimum Gasteiger partial charge on any atom is -0.863 e. The number of aromatic nitrogens is 1. The van der Waals surface area contributed by atoms with Crippen LogP contribution in [0.4, 0.5) is 17.1 Å². The Morgan fingerprint density at radius 1 is 0.833 bits per heavy atom. The second kappa shape index (κ2) is 7.58. The molecule has 11 nitrogen and oxygen atoms in total. The first-order valence-corrected chi connectivity index (χ1v) is 6.37. The monoisotopic (exact) mass is 336 g/mol. The Morgan fingerprint density at radius 3 is 1.50 bits per heavy atom. The molecule has 0 saturated carbocycles. The Hall–Kier alpha value is -3.63. The van der Waals surface area contributed by atoms with Gasteiger partial charge < -0.3 is 5.11 Å². The molecule has 0 spiro atoms. The number of hydrogen-bond acceptors (Lipinski definition) is 7. The Bertz CT molecular complexity index is 754. The zero-order valence-electron chi connectivity index (χ0n) is 12.6. The average Bonchev–Trinajstić information content (AvgIpc) is 2.46. The molecule has 1 N–H and O–H groups in total. The van der Waals surface area contributed by atoms with E-state index in [2.05, 4.69) is 4.98 Å². The van der Waals surface area contributed by atoms with Crippen LogP contribution in [-0.2, 0) is 0 Å². The van der Waals surface area contributed by atoms with E-state index in [4.69, 9.17) is 0 Å². The van der Waals surface area contributed by atoms with Gasteiger partial charge in [-0.15, -0.1) is 0 Å². The second-order valence-corrected chi connectivity index (χ2v) is 4.60. The molecule has 0 aliphatic rings. The molecule has 0 unspecified atom stereocenters. The van der Waals surface area contributed by atoms with Crippen LogP contribution in [0, 0.1) is 44.2 Å². The Labute approximate surface area is 134 Å². The van der Waals surface area contributed by atoms with E-state index in [1.807, 2.05) is 32.0 Å². The van der Waals surface area contributed by atoms with Crippen molar-refractivity contribution in [3.05, 3.63) is 72.1 Å². The highest BCUT2D eigenvalue weighted by atomic mass is 16.6. The van der Waals surface area contributed by atoms with Gasteiger partial charge in [0.1, 0.15) is 0 Å². The number of aromatic amines is 1. The Morgan fingerprint density at radius 2 is 1.25 bits per heavy atom. The third-order valence-corrected chi connectivity index (χ3v) is 2.73. The SMILES string of the molecule is Cc1cccc(C)[nH+]1.O=[N+]([O-])c1cc([N+](=O)[O-])c([O-])c([N+](=O)[O-])c1. The molecule has 0 fully saturated rings. The number of rotatable bonds is 3. The summed E-state index contributed by atoms with van der Waals surface area (Å²) in [4.78, 5) is 30.7. The van der Waals surface area contributed by atoms with Crippen molar-refractivity contribution in [2.24, 2.45) is 0 Å². The first-order valence-electron chi connectivity index (χ1n) is 6.37. The highest BCUT2D eigenvalue weighted by molar-refractivity contribution is 5.63. The lowest BCUT2D eigenvalue weighted by molar-refractivity contribution is -0.420.